The summed E-state index contributed by atoms with van der Waals surface area (Å²) >= 11 is 0. The highest BCUT2D eigenvalue weighted by Gasteiger charge is 2.38. The number of anilines is 1. The molecule has 48 heavy (non-hydrogen) atoms. The minimum atomic E-state index is -5.08. The molecule has 0 atom stereocenters. The fourth-order valence-corrected chi connectivity index (χ4v) is 3.97. The van der Waals surface area contributed by atoms with Gasteiger partial charge in [-0.25, -0.2) is 9.59 Å². The van der Waals surface area contributed by atoms with Gasteiger partial charge in [-0.3, -0.25) is 20.0 Å². The number of piperidine rings is 1. The number of pyridine rings is 1. The predicted molar refractivity (Wildman–Crippen MR) is 157 cm³/mol. The van der Waals surface area contributed by atoms with Crippen LogP contribution in [0.15, 0.2) is 42.7 Å². The largest absolute Gasteiger partial charge is 0.491 e. The molecule has 0 bridgehead atoms. The first-order valence-corrected chi connectivity index (χ1v) is 14.1. The summed E-state index contributed by atoms with van der Waals surface area (Å²) in [5.41, 5.74) is 8.11. The van der Waals surface area contributed by atoms with E-state index in [2.05, 4.69) is 15.2 Å². The van der Waals surface area contributed by atoms with E-state index in [9.17, 15) is 35.9 Å². The number of nitrogens with two attached hydrogens (primary N) is 1. The lowest BCUT2D eigenvalue weighted by molar-refractivity contribution is -0.193. The highest BCUT2D eigenvalue weighted by Crippen LogP contribution is 2.24. The number of hydrogen-bond acceptors (Lipinski definition) is 9. The number of esters is 1. The molecule has 3 rings (SSSR count). The lowest BCUT2D eigenvalue weighted by Gasteiger charge is -2.32. The van der Waals surface area contributed by atoms with Crippen LogP contribution >= 0.6 is 0 Å². The Morgan fingerprint density at radius 3 is 2.02 bits per heavy atom. The number of ether oxygens (including phenoxy) is 2. The molecule has 1 amide bonds. The van der Waals surface area contributed by atoms with E-state index in [0.29, 0.717) is 30.9 Å². The average Bonchev–Trinajstić information content (AvgIpc) is 3.02. The summed E-state index contributed by atoms with van der Waals surface area (Å²) in [5.74, 6) is -5.27. The first-order valence-electron chi connectivity index (χ1n) is 14.1. The van der Waals surface area contributed by atoms with Crippen molar-refractivity contribution in [3.8, 4) is 5.75 Å². The van der Waals surface area contributed by atoms with Gasteiger partial charge in [-0.2, -0.15) is 26.3 Å². The van der Waals surface area contributed by atoms with Gasteiger partial charge < -0.3 is 35.6 Å². The topological polar surface area (TPSA) is 205 Å². The molecule has 1 fully saturated rings. The van der Waals surface area contributed by atoms with Gasteiger partial charge in [-0.1, -0.05) is 12.1 Å². The molecule has 0 aliphatic carbocycles. The zero-order chi connectivity index (χ0) is 36.5. The minimum Gasteiger partial charge on any atom is -0.491 e. The number of aromatic nitrogens is 1. The number of nitrogens with one attached hydrogen (secondary N) is 2. The molecule has 6 N–H and O–H groups in total. The second-order valence-electron chi connectivity index (χ2n) is 9.75. The predicted octanol–water partition coefficient (Wildman–Crippen LogP) is 3.54. The number of carbonyl (C=O) groups is 4. The van der Waals surface area contributed by atoms with E-state index in [1.165, 1.54) is 0 Å². The van der Waals surface area contributed by atoms with Crippen LogP contribution in [0.25, 0.3) is 0 Å². The van der Waals surface area contributed by atoms with E-state index >= 15 is 0 Å². The number of carbonyl (C=O) groups excluding carboxylic acids is 2. The molecule has 1 aromatic carbocycles. The van der Waals surface area contributed by atoms with Crippen LogP contribution < -0.4 is 20.7 Å². The summed E-state index contributed by atoms with van der Waals surface area (Å²) in [4.78, 5) is 48.4. The molecule has 0 radical (unpaired) electrons. The van der Waals surface area contributed by atoms with Gasteiger partial charge in [0.15, 0.2) is 0 Å². The second kappa shape index (κ2) is 19.5. The molecule has 1 aliphatic rings. The third-order valence-electron chi connectivity index (χ3n) is 6.32. The maximum Gasteiger partial charge on any atom is 0.490 e. The molecule has 2 aromatic rings. The number of amides is 1. The molecular formula is C29H35F6N5O8. The smallest absolute Gasteiger partial charge is 0.490 e. The lowest BCUT2D eigenvalue weighted by Crippen LogP contribution is -2.41. The van der Waals surface area contributed by atoms with Crippen LogP contribution in [-0.2, 0) is 30.3 Å². The zero-order valence-corrected chi connectivity index (χ0v) is 25.6. The van der Waals surface area contributed by atoms with Crippen LogP contribution in [-0.4, -0.2) is 90.0 Å². The number of carboxylic acids is 2. The van der Waals surface area contributed by atoms with Crippen LogP contribution in [0.1, 0.15) is 37.3 Å². The number of aliphatic carboxylic acids is 2. The molecule has 0 unspecified atom stereocenters. The number of benzene rings is 1. The maximum atomic E-state index is 12.6. The van der Waals surface area contributed by atoms with Crippen LogP contribution in [0.5, 0.6) is 5.75 Å². The minimum absolute atomic E-state index is 0.0146. The Balaban J connectivity index is 0.000000687. The van der Waals surface area contributed by atoms with Gasteiger partial charge in [0.1, 0.15) is 18.2 Å². The third-order valence-corrected chi connectivity index (χ3v) is 6.32. The molecule has 1 aliphatic heterocycles. The summed E-state index contributed by atoms with van der Waals surface area (Å²) in [7, 11) is 0. The van der Waals surface area contributed by atoms with Gasteiger partial charge in [0.2, 0.25) is 5.91 Å². The van der Waals surface area contributed by atoms with E-state index in [1.54, 1.807) is 37.5 Å². The first-order chi connectivity index (χ1) is 22.4. The monoisotopic (exact) mass is 695 g/mol. The van der Waals surface area contributed by atoms with E-state index in [4.69, 9.17) is 40.4 Å². The molecule has 1 saturated heterocycles. The van der Waals surface area contributed by atoms with E-state index < -0.39 is 24.3 Å². The van der Waals surface area contributed by atoms with Crippen molar-refractivity contribution in [1.29, 1.82) is 5.41 Å². The van der Waals surface area contributed by atoms with Crippen molar-refractivity contribution < 1.29 is 65.2 Å². The van der Waals surface area contributed by atoms with E-state index in [-0.39, 0.29) is 36.7 Å². The Morgan fingerprint density at radius 1 is 1.00 bits per heavy atom. The quantitative estimate of drug-likeness (QED) is 0.0756. The van der Waals surface area contributed by atoms with Crippen molar-refractivity contribution in [3.63, 3.8) is 0 Å². The molecule has 0 spiro atoms. The number of amidine groups is 1. The maximum absolute atomic E-state index is 12.6. The van der Waals surface area contributed by atoms with Crippen molar-refractivity contribution in [1.82, 2.24) is 10.3 Å². The highest BCUT2D eigenvalue weighted by atomic mass is 19.4. The summed E-state index contributed by atoms with van der Waals surface area (Å²) in [6.45, 7) is 4.42. The Bertz CT molecular complexity index is 1340. The number of rotatable bonds is 11. The van der Waals surface area contributed by atoms with Gasteiger partial charge in [0, 0.05) is 49.1 Å². The molecule has 1 aromatic heterocycles. The highest BCUT2D eigenvalue weighted by molar-refractivity contribution is 5.95. The van der Waals surface area contributed by atoms with Crippen molar-refractivity contribution in [3.05, 3.63) is 53.9 Å². The normalized spacial score (nSPS) is 13.1. The van der Waals surface area contributed by atoms with Gasteiger partial charge in [0.25, 0.3) is 0 Å². The lowest BCUT2D eigenvalue weighted by atomic mass is 9.95. The number of aryl methyl sites for hydroxylation is 1. The van der Waals surface area contributed by atoms with E-state index in [1.807, 2.05) is 12.1 Å². The Kier molecular flexibility index (Phi) is 16.7. The molecule has 266 valence electrons. The number of hydrogen-bond donors (Lipinski definition) is 5. The number of alkyl halides is 6. The van der Waals surface area contributed by atoms with Gasteiger partial charge in [0.05, 0.1) is 13.2 Å². The Labute approximate surface area is 270 Å². The first kappa shape index (κ1) is 40.9. The van der Waals surface area contributed by atoms with Crippen molar-refractivity contribution >= 4 is 35.3 Å². The van der Waals surface area contributed by atoms with Crippen LogP contribution in [0, 0.1) is 11.3 Å². The molecule has 2 heterocycles. The SMILES string of the molecule is CCOC(=O)CCc1ccc(C(=N)N)cc1OCCNC(=O)C1CCN(c2ccncc2)CC1.O=C(O)C(F)(F)F.O=C(O)C(F)(F)F. The Morgan fingerprint density at radius 2 is 1.54 bits per heavy atom. The number of nitrogens with zero attached hydrogens (tertiary/aromatic N) is 2. The number of nitrogen functional groups attached to an aromatic ring is 1. The second-order valence-corrected chi connectivity index (χ2v) is 9.75. The standard InChI is InChI=1S/C25H33N5O4.2C2HF3O2/c1-2-33-23(31)6-5-18-3-4-20(24(26)27)17-22(18)34-16-13-29-25(32)19-9-14-30(15-10-19)21-7-11-28-12-8-21;2*3-2(4,5)1(6)7/h3-4,7-8,11-12,17,19H,2,5-6,9-10,13-16H2,1H3,(H3,26,27)(H,29,32);2*(H,6,7). The molecular weight excluding hydrogens is 660 g/mol. The molecule has 13 nitrogen and oxygen atoms in total. The van der Waals surface area contributed by atoms with Crippen molar-refractivity contribution in [2.24, 2.45) is 11.7 Å². The summed E-state index contributed by atoms with van der Waals surface area (Å²) in [6, 6.07) is 9.20. The Hall–Kier alpha value is -5.10. The molecule has 19 heteroatoms. The fraction of sp³-hybridized carbons (Fsp3) is 0.448. The number of carboxylic acid groups (broad SMARTS) is 2. The van der Waals surface area contributed by atoms with Gasteiger partial charge in [-0.05, 0) is 49.9 Å². The van der Waals surface area contributed by atoms with Crippen LogP contribution in [0.4, 0.5) is 32.0 Å². The zero-order valence-electron chi connectivity index (χ0n) is 25.6. The van der Waals surface area contributed by atoms with Gasteiger partial charge in [-0.15, -0.1) is 0 Å². The fourth-order valence-electron chi connectivity index (χ4n) is 3.97. The molecule has 0 saturated carbocycles. The van der Waals surface area contributed by atoms with Crippen LogP contribution in [0.3, 0.4) is 0 Å². The van der Waals surface area contributed by atoms with E-state index in [0.717, 1.165) is 37.2 Å². The summed E-state index contributed by atoms with van der Waals surface area (Å²) in [6.07, 6.45) is -4.32. The number of halogens is 6. The van der Waals surface area contributed by atoms with Crippen molar-refractivity contribution in [2.45, 2.75) is 45.0 Å². The summed E-state index contributed by atoms with van der Waals surface area (Å²) in [5, 5.41) is 24.9. The van der Waals surface area contributed by atoms with Crippen LogP contribution in [0.2, 0.25) is 0 Å². The summed E-state index contributed by atoms with van der Waals surface area (Å²) < 4.78 is 74.4. The van der Waals surface area contributed by atoms with Gasteiger partial charge >= 0.3 is 30.3 Å². The van der Waals surface area contributed by atoms with Crippen molar-refractivity contribution in [2.75, 3.05) is 37.7 Å². The average molecular weight is 696 g/mol. The third kappa shape index (κ3) is 15.5.